The average molecular weight is 382 g/mol. The number of carbonyl (C=O) groups is 1. The van der Waals surface area contributed by atoms with Crippen LogP contribution in [0, 0.1) is 12.8 Å². The summed E-state index contributed by atoms with van der Waals surface area (Å²) >= 11 is 0. The first-order valence-electron chi connectivity index (χ1n) is 10.2. The quantitative estimate of drug-likeness (QED) is 0.834. The molecule has 2 aromatic rings. The summed E-state index contributed by atoms with van der Waals surface area (Å²) in [7, 11) is 0. The molecular weight excluding hydrogens is 350 g/mol. The van der Waals surface area contributed by atoms with E-state index in [1.54, 1.807) is 6.20 Å². The predicted molar refractivity (Wildman–Crippen MR) is 114 cm³/mol. The third-order valence-electron chi connectivity index (χ3n) is 5.08. The molecule has 2 heterocycles. The van der Waals surface area contributed by atoms with Crippen molar-refractivity contribution in [2.75, 3.05) is 44.2 Å². The maximum atomic E-state index is 12.8. The van der Waals surface area contributed by atoms with Crippen molar-refractivity contribution < 1.29 is 4.79 Å². The SMILES string of the molecule is CCN1CCN(c2nc(-c3cccc(C)c3)ncc2C(=O)NCC(C)C)CC1. The average Bonchev–Trinajstić information content (AvgIpc) is 2.71. The molecular formula is C22H31N5O. The molecule has 1 N–H and O–H groups in total. The number of amides is 1. The molecule has 1 aromatic carbocycles. The highest BCUT2D eigenvalue weighted by Gasteiger charge is 2.23. The van der Waals surface area contributed by atoms with E-state index in [0.29, 0.717) is 23.9 Å². The third kappa shape index (κ3) is 4.87. The van der Waals surface area contributed by atoms with Crippen LogP contribution in [0.1, 0.15) is 36.7 Å². The fourth-order valence-corrected chi connectivity index (χ4v) is 3.37. The van der Waals surface area contributed by atoms with Crippen molar-refractivity contribution in [3.63, 3.8) is 0 Å². The number of likely N-dealkylation sites (N-methyl/N-ethyl adjacent to an activating group) is 1. The van der Waals surface area contributed by atoms with Gasteiger partial charge in [-0.3, -0.25) is 4.79 Å². The van der Waals surface area contributed by atoms with E-state index in [-0.39, 0.29) is 5.91 Å². The van der Waals surface area contributed by atoms with Gasteiger partial charge in [0.1, 0.15) is 11.4 Å². The minimum Gasteiger partial charge on any atom is -0.353 e. The minimum atomic E-state index is -0.0996. The van der Waals surface area contributed by atoms with Crippen LogP contribution in [0.2, 0.25) is 0 Å². The molecule has 6 nitrogen and oxygen atoms in total. The standard InChI is InChI=1S/C22H31N5O/c1-5-26-9-11-27(12-10-26)21-19(22(28)24-14-16(2)3)15-23-20(25-21)18-8-6-7-17(4)13-18/h6-8,13,15-16H,5,9-12,14H2,1-4H3,(H,24,28). The molecule has 150 valence electrons. The highest BCUT2D eigenvalue weighted by molar-refractivity contribution is 5.99. The van der Waals surface area contributed by atoms with Crippen molar-refractivity contribution in [3.05, 3.63) is 41.6 Å². The van der Waals surface area contributed by atoms with Gasteiger partial charge in [-0.25, -0.2) is 9.97 Å². The van der Waals surface area contributed by atoms with Crippen molar-refractivity contribution in [1.29, 1.82) is 0 Å². The third-order valence-corrected chi connectivity index (χ3v) is 5.08. The Hall–Kier alpha value is -2.47. The first kappa shape index (κ1) is 20.3. The number of anilines is 1. The molecule has 0 aliphatic carbocycles. The molecule has 0 saturated carbocycles. The highest BCUT2D eigenvalue weighted by Crippen LogP contribution is 2.24. The molecule has 1 aliphatic rings. The number of aromatic nitrogens is 2. The Morgan fingerprint density at radius 2 is 1.96 bits per heavy atom. The summed E-state index contributed by atoms with van der Waals surface area (Å²) < 4.78 is 0. The second-order valence-electron chi connectivity index (χ2n) is 7.83. The summed E-state index contributed by atoms with van der Waals surface area (Å²) in [5.74, 6) is 1.70. The number of benzene rings is 1. The van der Waals surface area contributed by atoms with Gasteiger partial charge in [0.05, 0.1) is 0 Å². The Morgan fingerprint density at radius 3 is 2.61 bits per heavy atom. The van der Waals surface area contributed by atoms with Crippen molar-refractivity contribution in [1.82, 2.24) is 20.2 Å². The lowest BCUT2D eigenvalue weighted by Gasteiger charge is -2.35. The number of hydrogen-bond donors (Lipinski definition) is 1. The van der Waals surface area contributed by atoms with Crippen LogP contribution in [0.5, 0.6) is 0 Å². The molecule has 0 bridgehead atoms. The Morgan fingerprint density at radius 1 is 1.21 bits per heavy atom. The lowest BCUT2D eigenvalue weighted by Crippen LogP contribution is -2.47. The van der Waals surface area contributed by atoms with Crippen molar-refractivity contribution >= 4 is 11.7 Å². The number of piperazine rings is 1. The van der Waals surface area contributed by atoms with Gasteiger partial charge in [-0.2, -0.15) is 0 Å². The van der Waals surface area contributed by atoms with Crippen LogP contribution in [0.15, 0.2) is 30.5 Å². The molecule has 1 aromatic heterocycles. The number of aryl methyl sites for hydroxylation is 1. The monoisotopic (exact) mass is 381 g/mol. The van der Waals surface area contributed by atoms with E-state index < -0.39 is 0 Å². The number of carbonyl (C=O) groups excluding carboxylic acids is 1. The van der Waals surface area contributed by atoms with E-state index in [1.165, 1.54) is 0 Å². The van der Waals surface area contributed by atoms with Crippen LogP contribution in [0.4, 0.5) is 5.82 Å². The highest BCUT2D eigenvalue weighted by atomic mass is 16.1. The summed E-state index contributed by atoms with van der Waals surface area (Å²) in [4.78, 5) is 26.8. The largest absolute Gasteiger partial charge is 0.353 e. The Balaban J connectivity index is 1.93. The first-order valence-corrected chi connectivity index (χ1v) is 10.2. The molecule has 0 unspecified atom stereocenters. The second-order valence-corrected chi connectivity index (χ2v) is 7.83. The Bertz CT molecular complexity index is 812. The van der Waals surface area contributed by atoms with Gasteiger partial charge in [-0.15, -0.1) is 0 Å². The zero-order chi connectivity index (χ0) is 20.1. The lowest BCUT2D eigenvalue weighted by atomic mass is 10.1. The van der Waals surface area contributed by atoms with Crippen LogP contribution in [-0.4, -0.2) is 60.0 Å². The van der Waals surface area contributed by atoms with Gasteiger partial charge >= 0.3 is 0 Å². The number of rotatable bonds is 6. The van der Waals surface area contributed by atoms with Crippen LogP contribution in [0.3, 0.4) is 0 Å². The molecule has 0 atom stereocenters. The van der Waals surface area contributed by atoms with Gasteiger partial charge in [-0.1, -0.05) is 44.5 Å². The zero-order valence-corrected chi connectivity index (χ0v) is 17.4. The number of nitrogens with zero attached hydrogens (tertiary/aromatic N) is 4. The molecule has 6 heteroatoms. The van der Waals surface area contributed by atoms with Crippen molar-refractivity contribution in [2.24, 2.45) is 5.92 Å². The van der Waals surface area contributed by atoms with Crippen molar-refractivity contribution in [2.45, 2.75) is 27.7 Å². The van der Waals surface area contributed by atoms with E-state index in [0.717, 1.165) is 49.7 Å². The molecule has 3 rings (SSSR count). The zero-order valence-electron chi connectivity index (χ0n) is 17.4. The maximum absolute atomic E-state index is 12.8. The summed E-state index contributed by atoms with van der Waals surface area (Å²) in [6.45, 7) is 13.8. The molecule has 1 fully saturated rings. The van der Waals surface area contributed by atoms with Crippen LogP contribution >= 0.6 is 0 Å². The number of nitrogens with one attached hydrogen (secondary N) is 1. The predicted octanol–water partition coefficient (Wildman–Crippen LogP) is 2.98. The maximum Gasteiger partial charge on any atom is 0.256 e. The van der Waals surface area contributed by atoms with Gasteiger partial charge in [0.15, 0.2) is 5.82 Å². The molecule has 0 spiro atoms. The Kier molecular flexibility index (Phi) is 6.62. The Labute approximate surface area is 168 Å². The molecule has 1 aliphatic heterocycles. The lowest BCUT2D eigenvalue weighted by molar-refractivity contribution is 0.0948. The smallest absolute Gasteiger partial charge is 0.256 e. The van der Waals surface area contributed by atoms with Crippen molar-refractivity contribution in [3.8, 4) is 11.4 Å². The van der Waals surface area contributed by atoms with Gasteiger partial charge in [-0.05, 0) is 25.5 Å². The minimum absolute atomic E-state index is 0.0996. The van der Waals surface area contributed by atoms with E-state index >= 15 is 0 Å². The summed E-state index contributed by atoms with van der Waals surface area (Å²) in [6.07, 6.45) is 1.68. The summed E-state index contributed by atoms with van der Waals surface area (Å²) in [6, 6.07) is 8.16. The molecule has 0 radical (unpaired) electrons. The summed E-state index contributed by atoms with van der Waals surface area (Å²) in [5.41, 5.74) is 2.70. The van der Waals surface area contributed by atoms with Gasteiger partial charge in [0, 0.05) is 44.5 Å². The molecule has 28 heavy (non-hydrogen) atoms. The topological polar surface area (TPSA) is 61.4 Å². The van der Waals surface area contributed by atoms with Gasteiger partial charge < -0.3 is 15.1 Å². The van der Waals surface area contributed by atoms with E-state index in [4.69, 9.17) is 4.98 Å². The van der Waals surface area contributed by atoms with Crippen LogP contribution in [0.25, 0.3) is 11.4 Å². The van der Waals surface area contributed by atoms with E-state index in [1.807, 2.05) is 12.1 Å². The second kappa shape index (κ2) is 9.15. The van der Waals surface area contributed by atoms with Gasteiger partial charge in [0.25, 0.3) is 5.91 Å². The summed E-state index contributed by atoms with van der Waals surface area (Å²) in [5, 5.41) is 3.01. The van der Waals surface area contributed by atoms with Crippen LogP contribution < -0.4 is 10.2 Å². The van der Waals surface area contributed by atoms with E-state index in [9.17, 15) is 4.79 Å². The van der Waals surface area contributed by atoms with Gasteiger partial charge in [0.2, 0.25) is 0 Å². The fourth-order valence-electron chi connectivity index (χ4n) is 3.37. The van der Waals surface area contributed by atoms with E-state index in [2.05, 4.69) is 59.9 Å². The normalized spacial score (nSPS) is 15.1. The number of hydrogen-bond acceptors (Lipinski definition) is 5. The van der Waals surface area contributed by atoms with Crippen LogP contribution in [-0.2, 0) is 0 Å². The first-order chi connectivity index (χ1) is 13.5. The fraction of sp³-hybridized carbons (Fsp3) is 0.500. The molecule has 1 amide bonds. The molecule has 1 saturated heterocycles.